The Kier molecular flexibility index (Phi) is 47.5. The van der Waals surface area contributed by atoms with Crippen molar-refractivity contribution in [3.05, 3.63) is 53.4 Å². The molecule has 13 N–H and O–H groups in total. The van der Waals surface area contributed by atoms with E-state index in [9.17, 15) is 91.9 Å². The zero-order valence-corrected chi connectivity index (χ0v) is 69.7. The summed E-state index contributed by atoms with van der Waals surface area (Å²) in [7, 11) is 4.02. The Labute approximate surface area is 711 Å². The molecule has 0 bridgehead atoms. The van der Waals surface area contributed by atoms with Gasteiger partial charge in [0, 0.05) is 91.6 Å². The lowest BCUT2D eigenvalue weighted by Gasteiger charge is -2.41. The molecule has 6 heterocycles. The van der Waals surface area contributed by atoms with Crippen LogP contribution in [0.5, 0.6) is 5.75 Å². The lowest BCUT2D eigenvalue weighted by Crippen LogP contribution is -2.56. The number of carbonyl (C=O) groups excluding carboxylic acids is 5. The molecule has 15 atom stereocenters. The van der Waals surface area contributed by atoms with E-state index in [1.807, 2.05) is 0 Å². The van der Waals surface area contributed by atoms with Crippen LogP contribution in [0.2, 0.25) is 0 Å². The van der Waals surface area contributed by atoms with Crippen LogP contribution in [0.3, 0.4) is 0 Å². The maximum atomic E-state index is 14.1. The molecular weight excluding hydrogens is 1670 g/mol. The first kappa shape index (κ1) is 104. The summed E-state index contributed by atoms with van der Waals surface area (Å²) in [5, 5.41) is 122. The number of benzene rings is 1. The van der Waals surface area contributed by atoms with E-state index in [0.717, 1.165) is 6.42 Å². The van der Waals surface area contributed by atoms with Crippen molar-refractivity contribution >= 4 is 41.0 Å². The maximum Gasteiger partial charge on any atom is 0.311 e. The summed E-state index contributed by atoms with van der Waals surface area (Å²) >= 11 is 0. The molecule has 3 aliphatic rings. The highest BCUT2D eigenvalue weighted by Crippen LogP contribution is 2.36. The Morgan fingerprint density at radius 3 is 1.22 bits per heavy atom. The number of Topliss-reactive ketones (excluding diaryl/α,β-unsaturated/α-hetero) is 2. The fourth-order valence-electron chi connectivity index (χ4n) is 13.6. The summed E-state index contributed by atoms with van der Waals surface area (Å²) in [6, 6.07) is -2.96. The van der Waals surface area contributed by atoms with Crippen LogP contribution in [-0.4, -0.2) is 346 Å². The van der Waals surface area contributed by atoms with Crippen LogP contribution in [0.1, 0.15) is 152 Å². The first-order chi connectivity index (χ1) is 59.9. The molecule has 7 rings (SSSR count). The van der Waals surface area contributed by atoms with Gasteiger partial charge >= 0.3 is 5.97 Å². The van der Waals surface area contributed by atoms with E-state index < -0.39 is 164 Å². The van der Waals surface area contributed by atoms with E-state index in [4.69, 9.17) is 71.3 Å². The van der Waals surface area contributed by atoms with Crippen molar-refractivity contribution in [2.45, 2.75) is 232 Å². The van der Waals surface area contributed by atoms with E-state index >= 15 is 0 Å². The second kappa shape index (κ2) is 56.8. The summed E-state index contributed by atoms with van der Waals surface area (Å²) in [4.78, 5) is 78.5. The predicted molar refractivity (Wildman–Crippen MR) is 413 cm³/mol. The average molecular weight is 1790 g/mol. The number of nitrogens with one attached hydrogen (secondary N) is 4. The molecule has 3 aliphatic heterocycles. The predicted octanol–water partition coefficient (Wildman–Crippen LogP) is 0.257. The number of aliphatic hydroxyl groups is 9. The van der Waals surface area contributed by atoms with Crippen LogP contribution in [0.15, 0.2) is 18.6 Å². The topological polar surface area (TPSA) is 555 Å². The fourth-order valence-corrected chi connectivity index (χ4v) is 13.6. The van der Waals surface area contributed by atoms with E-state index in [1.165, 1.54) is 54.0 Å². The van der Waals surface area contributed by atoms with Gasteiger partial charge in [-0.2, -0.15) is 8.78 Å². The summed E-state index contributed by atoms with van der Waals surface area (Å²) in [5.41, 5.74) is 4.41. The van der Waals surface area contributed by atoms with Crippen molar-refractivity contribution in [2.75, 3.05) is 158 Å². The van der Waals surface area contributed by atoms with Crippen molar-refractivity contribution < 1.29 is 168 Å². The van der Waals surface area contributed by atoms with Crippen LogP contribution in [0.4, 0.5) is 33.6 Å². The highest BCUT2D eigenvalue weighted by Gasteiger charge is 2.49. The molecule has 3 aromatic heterocycles. The summed E-state index contributed by atoms with van der Waals surface area (Å²) < 4.78 is 149. The number of hydrogen-bond acceptors (Lipinski definition) is 38. The summed E-state index contributed by atoms with van der Waals surface area (Å²) in [6.45, 7) is 0.830. The quantitative estimate of drug-likeness (QED) is 0.00536. The van der Waals surface area contributed by atoms with Gasteiger partial charge in [0.25, 0.3) is 0 Å². The van der Waals surface area contributed by atoms with Gasteiger partial charge in [0.2, 0.25) is 46.6 Å². The molecule has 3 saturated heterocycles. The molecular formula is C76H120F5N13O30. The van der Waals surface area contributed by atoms with E-state index in [0.29, 0.717) is 57.1 Å². The number of aromatic nitrogens is 9. The van der Waals surface area contributed by atoms with Crippen molar-refractivity contribution in [1.82, 2.24) is 55.6 Å². The number of ketones is 2. The molecule has 3 fully saturated rings. The number of hydrogen-bond donors (Lipinski definition) is 13. The minimum atomic E-state index is -2.38. The second-order valence-electron chi connectivity index (χ2n) is 29.4. The lowest BCUT2D eigenvalue weighted by atomic mass is 9.81. The molecule has 1 aromatic carbocycles. The van der Waals surface area contributed by atoms with Crippen molar-refractivity contribution in [3.63, 3.8) is 0 Å². The molecule has 43 nitrogen and oxygen atoms in total. The molecule has 48 heteroatoms. The Morgan fingerprint density at radius 2 is 0.782 bits per heavy atom. The maximum absolute atomic E-state index is 14.1. The normalized spacial score (nSPS) is 22.9. The monoisotopic (exact) mass is 1790 g/mol. The number of nitrogens with zero attached hydrogens (tertiary/aromatic N) is 9. The van der Waals surface area contributed by atoms with Crippen LogP contribution in [0, 0.1) is 29.1 Å². The second-order valence-corrected chi connectivity index (χ2v) is 29.4. The molecule has 0 unspecified atom stereocenters. The Bertz CT molecular complexity index is 3430. The van der Waals surface area contributed by atoms with Gasteiger partial charge in [-0.15, -0.1) is 15.3 Å². The number of methoxy groups -OCH3 is 3. The number of rotatable bonds is 66. The minimum Gasteiger partial charge on any atom is -0.420 e. The number of ether oxygens (including phenoxy) is 14. The zero-order valence-electron chi connectivity index (χ0n) is 69.7. The van der Waals surface area contributed by atoms with Crippen LogP contribution >= 0.6 is 0 Å². The highest BCUT2D eigenvalue weighted by atomic mass is 19.2. The summed E-state index contributed by atoms with van der Waals surface area (Å²) in [5.74, 6) is -15.0. The third-order valence-electron chi connectivity index (χ3n) is 20.5. The number of halogens is 5. The first-order valence-corrected chi connectivity index (χ1v) is 41.2. The van der Waals surface area contributed by atoms with E-state index in [2.05, 4.69) is 57.3 Å². The van der Waals surface area contributed by atoms with Gasteiger partial charge in [0.15, 0.2) is 30.5 Å². The van der Waals surface area contributed by atoms with Crippen molar-refractivity contribution in [1.29, 1.82) is 0 Å². The SMILES string of the molecule is CO[C@@H]1O[C@H](CO)[C@H](O)[C@H](O)[C@H]1n1cc(COCCOCCOCCNC(=O)CCC(CCC(=O)CCCOCCOCCONc2cn([C@H]3[C@H](OC)O[C@H](CO)[C@H](O)[C@@H]3O)nn2)(CCC(=O)CCCOCCOCCONc2cn([C@H]3[C@H](OC)O[C@H](CO)[C@H](O)[C@@H]3O)nn2)NC(=O)CCCCCCCCCCC(=O)Oc2c(F)c(F)c(F)c(F)c2F)nn1. The number of aliphatic hydroxyl groups excluding tert-OH is 9. The smallest absolute Gasteiger partial charge is 0.311 e. The molecule has 2 amide bonds. The van der Waals surface area contributed by atoms with Crippen LogP contribution in [0.25, 0.3) is 0 Å². The van der Waals surface area contributed by atoms with Gasteiger partial charge in [-0.25, -0.2) is 38.2 Å². The standard InChI is InChI=1S/C76H120F5N13O30/c1-109-73-63(69(106)66(103)50(43-95)121-73)92-40-47(84-89-92)46-118-35-34-115-33-30-114-27-24-82-55(100)20-23-76(83-56(101)16-10-8-6-4-5-7-9-11-17-57(102)124-72-61(80)59(78)58(77)60(79)62(72)81,21-18-48(98)14-12-25-112-28-31-116-36-38-119-87-53-41-93(90-85-53)64-70(107)67(104)51(44-96)122-74(64)110-2)22-19-49(99)15-13-26-113-29-32-117-37-39-120-88-54-42-94(91-86-54)65-71(108)68(105)52(45-97)123-75(65)111-3/h40-42,50-52,63-71,73-75,87-88,95-97,103-108H,4-39,43-46H2,1-3H3,(H,82,100)(H,83,101)/t50-,51-,52-,63-,64-,65-,66+,67+,68+,69-,70-,71-,73-,74-,75-/m1/s1. The first-order valence-electron chi connectivity index (χ1n) is 41.2. The molecule has 124 heavy (non-hydrogen) atoms. The van der Waals surface area contributed by atoms with E-state index in [-0.39, 0.29) is 212 Å². The highest BCUT2D eigenvalue weighted by molar-refractivity contribution is 5.81. The number of unbranched alkanes of at least 4 members (excludes halogenated alkanes) is 7. The van der Waals surface area contributed by atoms with Gasteiger partial charge in [-0.3, -0.25) is 33.6 Å². The Hall–Kier alpha value is -7.32. The van der Waals surface area contributed by atoms with Crippen molar-refractivity contribution in [3.8, 4) is 5.75 Å². The van der Waals surface area contributed by atoms with Gasteiger partial charge in [-0.1, -0.05) is 54.2 Å². The van der Waals surface area contributed by atoms with Gasteiger partial charge in [0.1, 0.15) is 90.3 Å². The summed E-state index contributed by atoms with van der Waals surface area (Å²) in [6.07, 6.45) is -5.37. The average Bonchev–Trinajstić information content (AvgIpc) is 1.31. The lowest BCUT2D eigenvalue weighted by molar-refractivity contribution is -0.274. The van der Waals surface area contributed by atoms with Crippen LogP contribution < -0.4 is 26.3 Å². The molecule has 704 valence electrons. The number of esters is 1. The third kappa shape index (κ3) is 33.7. The largest absolute Gasteiger partial charge is 0.420 e. The molecule has 0 aliphatic carbocycles. The molecule has 0 saturated carbocycles. The fraction of sp³-hybridized carbons (Fsp3) is 0.776. The third-order valence-corrected chi connectivity index (χ3v) is 20.5. The molecule has 0 radical (unpaired) electrons. The molecule has 0 spiro atoms. The van der Waals surface area contributed by atoms with Gasteiger partial charge in [-0.05, 0) is 44.9 Å². The number of amides is 2. The number of anilines is 2. The molecule has 4 aromatic rings. The van der Waals surface area contributed by atoms with E-state index in [1.54, 1.807) is 0 Å². The zero-order chi connectivity index (χ0) is 89.8. The van der Waals surface area contributed by atoms with Crippen molar-refractivity contribution in [2.24, 2.45) is 0 Å². The minimum absolute atomic E-state index is 0.0306. The number of carbonyl (C=O) groups is 5. The Morgan fingerprint density at radius 1 is 0.411 bits per heavy atom. The van der Waals surface area contributed by atoms with Gasteiger partial charge in [0.05, 0.1) is 131 Å². The van der Waals surface area contributed by atoms with Crippen LogP contribution in [-0.2, 0) is 102 Å². The van der Waals surface area contributed by atoms with Gasteiger partial charge < -0.3 is 123 Å². The Balaban J connectivity index is 0.863.